The number of fused-ring (bicyclic) bond motifs is 4. The zero-order valence-corrected chi connectivity index (χ0v) is 17.5. The average Bonchev–Trinajstić information content (AvgIpc) is 3.41. The zero-order valence-electron chi connectivity index (χ0n) is 17.5. The Morgan fingerprint density at radius 3 is 2.59 bits per heavy atom. The fourth-order valence-electron chi connectivity index (χ4n) is 4.47. The molecule has 5 aromatic rings. The van der Waals surface area contributed by atoms with Gasteiger partial charge in [-0.2, -0.15) is 0 Å². The molecule has 6 rings (SSSR count). The maximum Gasteiger partial charge on any atom is 0.326 e. The number of rotatable bonds is 3. The first-order valence-electron chi connectivity index (χ1n) is 10.5. The molecule has 2 aromatic carbocycles. The third kappa shape index (κ3) is 2.93. The van der Waals surface area contributed by atoms with E-state index < -0.39 is 23.2 Å². The number of H-pyrrole nitrogens is 3. The lowest BCUT2D eigenvalue weighted by Gasteiger charge is -2.16. The summed E-state index contributed by atoms with van der Waals surface area (Å²) in [6.07, 6.45) is 3.41. The topological polar surface area (TPSA) is 162 Å². The van der Waals surface area contributed by atoms with Crippen molar-refractivity contribution in [2.75, 3.05) is 5.73 Å². The lowest BCUT2D eigenvalue weighted by atomic mass is 9.99. The minimum Gasteiger partial charge on any atom is -0.392 e. The van der Waals surface area contributed by atoms with Crippen LogP contribution in [0.3, 0.4) is 0 Å². The molecule has 1 unspecified atom stereocenters. The Labute approximate surface area is 190 Å². The number of aromatic nitrogens is 5. The lowest BCUT2D eigenvalue weighted by Crippen LogP contribution is -2.35. The van der Waals surface area contributed by atoms with Gasteiger partial charge in [0.1, 0.15) is 17.2 Å². The summed E-state index contributed by atoms with van der Waals surface area (Å²) in [4.78, 5) is 53.2. The van der Waals surface area contributed by atoms with Gasteiger partial charge in [-0.3, -0.25) is 19.6 Å². The van der Waals surface area contributed by atoms with Crippen molar-refractivity contribution in [1.29, 1.82) is 0 Å². The van der Waals surface area contributed by atoms with Crippen LogP contribution in [0.4, 0.5) is 5.69 Å². The van der Waals surface area contributed by atoms with E-state index in [4.69, 9.17) is 10.7 Å². The predicted octanol–water partition coefficient (Wildman–Crippen LogP) is 2.08. The van der Waals surface area contributed by atoms with Crippen LogP contribution in [0, 0.1) is 0 Å². The molecule has 0 saturated heterocycles. The number of nitrogens with zero attached hydrogens (tertiary/aromatic N) is 2. The van der Waals surface area contributed by atoms with Crippen molar-refractivity contribution in [1.82, 2.24) is 30.2 Å². The van der Waals surface area contributed by atoms with Gasteiger partial charge in [-0.1, -0.05) is 42.5 Å². The van der Waals surface area contributed by atoms with Crippen LogP contribution in [0.25, 0.3) is 33.5 Å². The SMILES string of the molecule is Nc1c(C(=O)NC2c3ccccc3-c3c(-c4nc5ccncc5[nH]4)cccc32)[nH]c(=O)[nH]c1=O. The van der Waals surface area contributed by atoms with E-state index in [0.29, 0.717) is 5.82 Å². The summed E-state index contributed by atoms with van der Waals surface area (Å²) in [7, 11) is 0. The molecule has 0 saturated carbocycles. The molecule has 0 fully saturated rings. The van der Waals surface area contributed by atoms with Crippen LogP contribution in [-0.4, -0.2) is 30.8 Å². The summed E-state index contributed by atoms with van der Waals surface area (Å²) >= 11 is 0. The molecule has 10 nitrogen and oxygen atoms in total. The van der Waals surface area contributed by atoms with E-state index in [0.717, 1.165) is 38.9 Å². The van der Waals surface area contributed by atoms with Crippen molar-refractivity contribution < 1.29 is 4.79 Å². The van der Waals surface area contributed by atoms with E-state index in [2.05, 4.69) is 20.3 Å². The van der Waals surface area contributed by atoms with Gasteiger partial charge in [0.25, 0.3) is 11.5 Å². The molecule has 0 spiro atoms. The number of carbonyl (C=O) groups is 1. The number of nitrogens with two attached hydrogens (primary N) is 1. The zero-order chi connectivity index (χ0) is 23.4. The van der Waals surface area contributed by atoms with Gasteiger partial charge >= 0.3 is 5.69 Å². The third-order valence-electron chi connectivity index (χ3n) is 5.97. The molecular weight excluding hydrogens is 434 g/mol. The Morgan fingerprint density at radius 1 is 0.941 bits per heavy atom. The average molecular weight is 451 g/mol. The molecule has 1 amide bonds. The van der Waals surface area contributed by atoms with Crippen molar-refractivity contribution in [3.8, 4) is 22.5 Å². The second-order valence-electron chi connectivity index (χ2n) is 7.94. The Kier molecular flexibility index (Phi) is 4.21. The molecule has 0 bridgehead atoms. The van der Waals surface area contributed by atoms with E-state index in [9.17, 15) is 14.4 Å². The molecule has 3 aromatic heterocycles. The highest BCUT2D eigenvalue weighted by atomic mass is 16.2. The second-order valence-corrected chi connectivity index (χ2v) is 7.94. The van der Waals surface area contributed by atoms with Crippen molar-refractivity contribution >= 4 is 22.6 Å². The first kappa shape index (κ1) is 19.7. The monoisotopic (exact) mass is 451 g/mol. The molecule has 0 aliphatic heterocycles. The first-order valence-corrected chi connectivity index (χ1v) is 10.5. The number of aromatic amines is 3. The smallest absolute Gasteiger partial charge is 0.326 e. The van der Waals surface area contributed by atoms with E-state index >= 15 is 0 Å². The predicted molar refractivity (Wildman–Crippen MR) is 126 cm³/mol. The van der Waals surface area contributed by atoms with Crippen LogP contribution in [0.1, 0.15) is 27.7 Å². The number of hydrogen-bond donors (Lipinski definition) is 5. The Bertz CT molecular complexity index is 1700. The number of nitrogen functional groups attached to an aromatic ring is 1. The van der Waals surface area contributed by atoms with E-state index in [-0.39, 0.29) is 11.4 Å². The molecule has 34 heavy (non-hydrogen) atoms. The van der Waals surface area contributed by atoms with Crippen molar-refractivity contribution in [2.24, 2.45) is 0 Å². The van der Waals surface area contributed by atoms with Gasteiger partial charge in [-0.15, -0.1) is 0 Å². The first-order chi connectivity index (χ1) is 16.5. The van der Waals surface area contributed by atoms with Crippen LogP contribution in [0.5, 0.6) is 0 Å². The summed E-state index contributed by atoms with van der Waals surface area (Å²) in [5.41, 5.74) is 9.62. The molecular formula is C24H17N7O3. The normalized spacial score (nSPS) is 14.1. The van der Waals surface area contributed by atoms with Gasteiger partial charge in [0.15, 0.2) is 0 Å². The molecule has 3 heterocycles. The highest BCUT2D eigenvalue weighted by Crippen LogP contribution is 2.47. The summed E-state index contributed by atoms with van der Waals surface area (Å²) in [6.45, 7) is 0. The van der Waals surface area contributed by atoms with E-state index in [1.807, 2.05) is 53.5 Å². The van der Waals surface area contributed by atoms with Crippen LogP contribution in [-0.2, 0) is 0 Å². The number of benzene rings is 2. The lowest BCUT2D eigenvalue weighted by molar-refractivity contribution is 0.0939. The van der Waals surface area contributed by atoms with Crippen LogP contribution < -0.4 is 22.3 Å². The van der Waals surface area contributed by atoms with Crippen LogP contribution >= 0.6 is 0 Å². The van der Waals surface area contributed by atoms with Gasteiger partial charge in [0.05, 0.1) is 23.3 Å². The Hall–Kier alpha value is -4.99. The third-order valence-corrected chi connectivity index (χ3v) is 5.97. The van der Waals surface area contributed by atoms with Crippen molar-refractivity contribution in [3.63, 3.8) is 0 Å². The summed E-state index contributed by atoms with van der Waals surface area (Å²) < 4.78 is 0. The van der Waals surface area contributed by atoms with Crippen molar-refractivity contribution in [2.45, 2.75) is 6.04 Å². The molecule has 166 valence electrons. The minimum atomic E-state index is -0.817. The maximum atomic E-state index is 13.1. The van der Waals surface area contributed by atoms with E-state index in [1.165, 1.54) is 0 Å². The number of amides is 1. The molecule has 6 N–H and O–H groups in total. The van der Waals surface area contributed by atoms with Crippen molar-refractivity contribution in [3.05, 3.63) is 98.6 Å². The van der Waals surface area contributed by atoms with E-state index in [1.54, 1.807) is 12.4 Å². The minimum absolute atomic E-state index is 0.277. The molecule has 1 aliphatic rings. The van der Waals surface area contributed by atoms with Gasteiger partial charge in [-0.05, 0) is 28.3 Å². The number of anilines is 1. The fraction of sp³-hybridized carbons (Fsp3) is 0.0417. The van der Waals surface area contributed by atoms with Crippen LogP contribution in [0.15, 0.2) is 70.5 Å². The number of nitrogens with one attached hydrogen (secondary N) is 4. The number of carbonyl (C=O) groups excluding carboxylic acids is 1. The quantitative estimate of drug-likeness (QED) is 0.282. The summed E-state index contributed by atoms with van der Waals surface area (Å²) in [5, 5.41) is 2.93. The maximum absolute atomic E-state index is 13.1. The van der Waals surface area contributed by atoms with Crippen LogP contribution in [0.2, 0.25) is 0 Å². The summed E-state index contributed by atoms with van der Waals surface area (Å²) in [5.74, 6) is 0.0263. The standard InChI is InChI=1S/C24H17N7O3/c25-18-20(30-24(34)31-22(18)32)23(33)29-19-12-5-2-1-4-11(12)17-13(19)6-3-7-14(17)21-27-15-8-9-26-10-16(15)28-21/h1-10,19H,25H2,(H,27,28)(H,29,33)(H2,30,31,32,34). The molecule has 1 atom stereocenters. The van der Waals surface area contributed by atoms with Gasteiger partial charge in [0, 0.05) is 11.8 Å². The molecule has 0 radical (unpaired) electrons. The highest BCUT2D eigenvalue weighted by Gasteiger charge is 2.33. The second kappa shape index (κ2) is 7.27. The highest BCUT2D eigenvalue weighted by molar-refractivity contribution is 5.99. The Morgan fingerprint density at radius 2 is 1.74 bits per heavy atom. The fourth-order valence-corrected chi connectivity index (χ4v) is 4.47. The molecule has 1 aliphatic carbocycles. The number of pyridine rings is 1. The van der Waals surface area contributed by atoms with Gasteiger partial charge in [0.2, 0.25) is 0 Å². The Balaban J connectivity index is 1.49. The molecule has 10 heteroatoms. The number of imidazole rings is 1. The van der Waals surface area contributed by atoms with Gasteiger partial charge in [-0.25, -0.2) is 9.78 Å². The summed E-state index contributed by atoms with van der Waals surface area (Å²) in [6, 6.07) is 14.8. The van der Waals surface area contributed by atoms with Gasteiger partial charge < -0.3 is 21.0 Å². The largest absolute Gasteiger partial charge is 0.392 e. The number of hydrogen-bond acceptors (Lipinski definition) is 6.